The molecule has 0 saturated carbocycles. The van der Waals surface area contributed by atoms with Crippen molar-refractivity contribution in [1.29, 1.82) is 0 Å². The van der Waals surface area contributed by atoms with Gasteiger partial charge < -0.3 is 9.64 Å². The number of rotatable bonds is 5. The third-order valence-electron chi connectivity index (χ3n) is 4.68. The summed E-state index contributed by atoms with van der Waals surface area (Å²) in [4.78, 5) is 38.4. The Morgan fingerprint density at radius 3 is 2.56 bits per heavy atom. The predicted molar refractivity (Wildman–Crippen MR) is 94.2 cm³/mol. The summed E-state index contributed by atoms with van der Waals surface area (Å²) in [7, 11) is -3.77. The number of cyclic esters (lactones) is 1. The molecule has 3 rings (SSSR count). The SMILES string of the molecule is Cc1cccc(S(=O)(=O)NCC(=O)N2CCC(N3C(=O)COC3=O)CC2)c1. The van der Waals surface area contributed by atoms with Crippen LogP contribution in [0.1, 0.15) is 18.4 Å². The average molecular weight is 395 g/mol. The van der Waals surface area contributed by atoms with E-state index >= 15 is 0 Å². The lowest BCUT2D eigenvalue weighted by Gasteiger charge is -2.34. The van der Waals surface area contributed by atoms with Crippen molar-refractivity contribution in [3.05, 3.63) is 29.8 Å². The number of ether oxygens (including phenoxy) is 1. The minimum Gasteiger partial charge on any atom is -0.439 e. The molecule has 0 aliphatic carbocycles. The molecule has 10 heteroatoms. The standard InChI is InChI=1S/C17H21N3O6S/c1-12-3-2-4-14(9-12)27(24,25)18-10-15(21)19-7-5-13(6-8-19)20-16(22)11-26-17(20)23/h2-4,9,13,18H,5-8,10-11H2,1H3. The maximum Gasteiger partial charge on any atom is 0.417 e. The number of hydrogen-bond donors (Lipinski definition) is 1. The van der Waals surface area contributed by atoms with Crippen molar-refractivity contribution in [3.63, 3.8) is 0 Å². The number of amides is 3. The van der Waals surface area contributed by atoms with Crippen LogP contribution in [-0.4, -0.2) is 68.4 Å². The van der Waals surface area contributed by atoms with Crippen molar-refractivity contribution < 1.29 is 27.5 Å². The number of carbonyl (C=O) groups excluding carboxylic acids is 3. The number of likely N-dealkylation sites (tertiary alicyclic amines) is 1. The number of benzene rings is 1. The van der Waals surface area contributed by atoms with Crippen LogP contribution in [0.4, 0.5) is 4.79 Å². The largest absolute Gasteiger partial charge is 0.439 e. The number of piperidine rings is 1. The van der Waals surface area contributed by atoms with Gasteiger partial charge in [-0.3, -0.25) is 9.59 Å². The molecule has 27 heavy (non-hydrogen) atoms. The van der Waals surface area contributed by atoms with Gasteiger partial charge in [0.1, 0.15) is 0 Å². The zero-order valence-electron chi connectivity index (χ0n) is 14.9. The van der Waals surface area contributed by atoms with E-state index in [1.807, 2.05) is 0 Å². The Kier molecular flexibility index (Phi) is 5.47. The monoisotopic (exact) mass is 395 g/mol. The van der Waals surface area contributed by atoms with Crippen molar-refractivity contribution in [2.45, 2.75) is 30.7 Å². The van der Waals surface area contributed by atoms with E-state index in [1.165, 1.54) is 17.0 Å². The zero-order valence-corrected chi connectivity index (χ0v) is 15.7. The highest BCUT2D eigenvalue weighted by molar-refractivity contribution is 7.89. The molecular weight excluding hydrogens is 374 g/mol. The first kappa shape index (κ1) is 19.3. The number of aryl methyl sites for hydroxylation is 1. The van der Waals surface area contributed by atoms with Crippen LogP contribution in [0.5, 0.6) is 0 Å². The first-order chi connectivity index (χ1) is 12.8. The summed E-state index contributed by atoms with van der Waals surface area (Å²) in [6.45, 7) is 1.89. The van der Waals surface area contributed by atoms with E-state index < -0.39 is 16.1 Å². The molecule has 1 aromatic rings. The number of nitrogens with one attached hydrogen (secondary N) is 1. The quantitative estimate of drug-likeness (QED) is 0.764. The molecule has 146 valence electrons. The number of hydrogen-bond acceptors (Lipinski definition) is 6. The van der Waals surface area contributed by atoms with Crippen LogP contribution < -0.4 is 4.72 Å². The van der Waals surface area contributed by atoms with E-state index in [-0.39, 0.29) is 35.9 Å². The van der Waals surface area contributed by atoms with Crippen molar-refractivity contribution >= 4 is 27.9 Å². The molecule has 0 unspecified atom stereocenters. The minimum atomic E-state index is -3.77. The summed E-state index contributed by atoms with van der Waals surface area (Å²) in [6, 6.07) is 6.14. The average Bonchev–Trinajstić information content (AvgIpc) is 2.98. The highest BCUT2D eigenvalue weighted by atomic mass is 32.2. The smallest absolute Gasteiger partial charge is 0.417 e. The highest BCUT2D eigenvalue weighted by Gasteiger charge is 2.39. The van der Waals surface area contributed by atoms with E-state index in [0.717, 1.165) is 10.5 Å². The van der Waals surface area contributed by atoms with Gasteiger partial charge in [0.2, 0.25) is 15.9 Å². The summed E-state index contributed by atoms with van der Waals surface area (Å²) in [6.07, 6.45) is 0.240. The molecule has 9 nitrogen and oxygen atoms in total. The molecule has 2 heterocycles. The summed E-state index contributed by atoms with van der Waals surface area (Å²) in [5, 5.41) is 0. The molecule has 1 aromatic carbocycles. The molecule has 0 aromatic heterocycles. The summed E-state index contributed by atoms with van der Waals surface area (Å²) < 4.78 is 31.6. The van der Waals surface area contributed by atoms with Gasteiger partial charge in [-0.1, -0.05) is 12.1 Å². The van der Waals surface area contributed by atoms with Gasteiger partial charge in [0.15, 0.2) is 6.61 Å². The van der Waals surface area contributed by atoms with Gasteiger partial charge in [0, 0.05) is 19.1 Å². The molecule has 2 saturated heterocycles. The maximum absolute atomic E-state index is 12.3. The van der Waals surface area contributed by atoms with Crippen molar-refractivity contribution in [2.75, 3.05) is 26.2 Å². The number of imide groups is 1. The first-order valence-corrected chi connectivity index (χ1v) is 10.1. The van der Waals surface area contributed by atoms with Gasteiger partial charge in [-0.15, -0.1) is 0 Å². The maximum atomic E-state index is 12.3. The van der Waals surface area contributed by atoms with Crippen molar-refractivity contribution in [1.82, 2.24) is 14.5 Å². The van der Waals surface area contributed by atoms with Gasteiger partial charge >= 0.3 is 6.09 Å². The molecule has 3 amide bonds. The lowest BCUT2D eigenvalue weighted by atomic mass is 10.0. The zero-order chi connectivity index (χ0) is 19.6. The molecule has 1 N–H and O–H groups in total. The summed E-state index contributed by atoms with van der Waals surface area (Å²) in [5.74, 6) is -0.712. The molecule has 0 spiro atoms. The summed E-state index contributed by atoms with van der Waals surface area (Å²) in [5.41, 5.74) is 0.807. The van der Waals surface area contributed by atoms with Gasteiger partial charge in [0.05, 0.1) is 11.4 Å². The minimum absolute atomic E-state index is 0.111. The Hall–Kier alpha value is -2.46. The van der Waals surface area contributed by atoms with E-state index in [0.29, 0.717) is 25.9 Å². The predicted octanol–water partition coefficient (Wildman–Crippen LogP) is 0.243. The molecule has 2 fully saturated rings. The third-order valence-corrected chi connectivity index (χ3v) is 6.08. The summed E-state index contributed by atoms with van der Waals surface area (Å²) >= 11 is 0. The normalized spacial score (nSPS) is 18.7. The second-order valence-electron chi connectivity index (χ2n) is 6.57. The van der Waals surface area contributed by atoms with E-state index in [9.17, 15) is 22.8 Å². The highest BCUT2D eigenvalue weighted by Crippen LogP contribution is 2.21. The molecule has 2 aliphatic rings. The topological polar surface area (TPSA) is 113 Å². The Bertz CT molecular complexity index is 845. The molecule has 2 aliphatic heterocycles. The fourth-order valence-corrected chi connectivity index (χ4v) is 4.30. The lowest BCUT2D eigenvalue weighted by Crippen LogP contribution is -2.50. The van der Waals surface area contributed by atoms with Gasteiger partial charge in [-0.05, 0) is 37.5 Å². The Balaban J connectivity index is 1.52. The molecular formula is C17H21N3O6S. The van der Waals surface area contributed by atoms with Gasteiger partial charge in [-0.2, -0.15) is 0 Å². The fraction of sp³-hybridized carbons (Fsp3) is 0.471. The van der Waals surface area contributed by atoms with E-state index in [1.54, 1.807) is 19.1 Å². The number of sulfonamides is 1. The first-order valence-electron chi connectivity index (χ1n) is 8.61. The second-order valence-corrected chi connectivity index (χ2v) is 8.34. The van der Waals surface area contributed by atoms with E-state index in [4.69, 9.17) is 4.74 Å². The van der Waals surface area contributed by atoms with Crippen LogP contribution in [0, 0.1) is 6.92 Å². The second kappa shape index (κ2) is 7.65. The van der Waals surface area contributed by atoms with Crippen LogP contribution in [0.15, 0.2) is 29.2 Å². The number of carbonyl (C=O) groups is 3. The molecule has 0 atom stereocenters. The van der Waals surface area contributed by atoms with Crippen molar-refractivity contribution in [2.24, 2.45) is 0 Å². The number of nitrogens with zero attached hydrogens (tertiary/aromatic N) is 2. The van der Waals surface area contributed by atoms with Crippen LogP contribution >= 0.6 is 0 Å². The Labute approximate surface area is 157 Å². The Morgan fingerprint density at radius 1 is 1.26 bits per heavy atom. The van der Waals surface area contributed by atoms with Crippen LogP contribution in [-0.2, 0) is 24.3 Å². The van der Waals surface area contributed by atoms with Crippen LogP contribution in [0.25, 0.3) is 0 Å². The Morgan fingerprint density at radius 2 is 1.96 bits per heavy atom. The molecule has 0 bridgehead atoms. The lowest BCUT2D eigenvalue weighted by molar-refractivity contribution is -0.132. The van der Waals surface area contributed by atoms with Gasteiger partial charge in [-0.25, -0.2) is 22.8 Å². The fourth-order valence-electron chi connectivity index (χ4n) is 3.22. The van der Waals surface area contributed by atoms with Crippen LogP contribution in [0.2, 0.25) is 0 Å². The third kappa shape index (κ3) is 4.28. The molecule has 0 radical (unpaired) electrons. The van der Waals surface area contributed by atoms with Crippen molar-refractivity contribution in [3.8, 4) is 0 Å². The van der Waals surface area contributed by atoms with Crippen LogP contribution in [0.3, 0.4) is 0 Å². The van der Waals surface area contributed by atoms with E-state index in [2.05, 4.69) is 4.72 Å². The van der Waals surface area contributed by atoms with Gasteiger partial charge in [0.25, 0.3) is 5.91 Å².